The van der Waals surface area contributed by atoms with E-state index in [0.29, 0.717) is 0 Å². The zero-order valence-corrected chi connectivity index (χ0v) is 6.06. The molecular weight excluding hydrogens is 131 g/mol. The van der Waals surface area contributed by atoms with Gasteiger partial charge in [0.25, 0.3) is 0 Å². The van der Waals surface area contributed by atoms with Crippen LogP contribution in [0.1, 0.15) is 19.8 Å². The molecule has 0 amide bonds. The molecule has 1 rings (SSSR count). The van der Waals surface area contributed by atoms with Gasteiger partial charge in [-0.2, -0.15) is 4.94 Å². The Labute approximate surface area is 60.1 Å². The maximum atomic E-state index is 11.3. The van der Waals surface area contributed by atoms with Gasteiger partial charge in [-0.1, -0.05) is 17.7 Å². The van der Waals surface area contributed by atoms with Crippen LogP contribution in [0, 0.1) is 0 Å². The monoisotopic (exact) mass is 142 g/mol. The average Bonchev–Trinajstić information content (AvgIpc) is 1.88. The molecule has 0 bridgehead atoms. The third-order valence-electron chi connectivity index (χ3n) is 1.60. The first-order valence-electron chi connectivity index (χ1n) is 3.42. The van der Waals surface area contributed by atoms with Gasteiger partial charge in [-0.25, -0.2) is 0 Å². The highest BCUT2D eigenvalue weighted by Crippen LogP contribution is 2.16. The maximum Gasteiger partial charge on any atom is 0.112 e. The predicted octanol–water partition coefficient (Wildman–Crippen LogP) is 2.55. The molecule has 0 fully saturated rings. The molecule has 1 aliphatic carbocycles. The van der Waals surface area contributed by atoms with Gasteiger partial charge in [-0.3, -0.25) is 0 Å². The molecule has 0 saturated carbocycles. The fraction of sp³-hybridized carbons (Fsp3) is 0.500. The van der Waals surface area contributed by atoms with Gasteiger partial charge < -0.3 is 0 Å². The van der Waals surface area contributed by atoms with Crippen LogP contribution in [0.2, 0.25) is 0 Å². The lowest BCUT2D eigenvalue weighted by molar-refractivity contribution is -0.120. The van der Waals surface area contributed by atoms with Crippen LogP contribution >= 0.6 is 0 Å². The van der Waals surface area contributed by atoms with Crippen molar-refractivity contribution < 1.29 is 9.47 Å². The summed E-state index contributed by atoms with van der Waals surface area (Å²) in [4.78, 5) is 3.52. The lowest BCUT2D eigenvalue weighted by atomic mass is 10.0. The molecule has 0 aromatic heterocycles. The number of allylic oxidation sites excluding steroid dienone is 2. The number of hydrogen-bond acceptors (Lipinski definition) is 1. The molecule has 0 N–H and O–H groups in total. The van der Waals surface area contributed by atoms with E-state index < -0.39 is 0 Å². The highest BCUT2D eigenvalue weighted by Gasteiger charge is 2.00. The minimum absolute atomic E-state index is 0.0946. The van der Waals surface area contributed by atoms with Crippen molar-refractivity contribution in [3.8, 4) is 0 Å². The second-order valence-electron chi connectivity index (χ2n) is 2.56. The van der Waals surface area contributed by atoms with Crippen molar-refractivity contribution in [2.45, 2.75) is 19.8 Å². The number of rotatable bonds is 2. The van der Waals surface area contributed by atoms with Crippen LogP contribution in [0.5, 0.6) is 0 Å². The van der Waals surface area contributed by atoms with Crippen LogP contribution in [0.25, 0.3) is 0 Å². The van der Waals surface area contributed by atoms with E-state index in [-0.39, 0.29) is 6.61 Å². The second kappa shape index (κ2) is 3.52. The molecule has 56 valence electrons. The summed E-state index contributed by atoms with van der Waals surface area (Å²) in [5.74, 6) is 0. The Balaban J connectivity index is 2.51. The normalized spacial score (nSPS) is 18.2. The van der Waals surface area contributed by atoms with Gasteiger partial charge in [0.2, 0.25) is 0 Å². The van der Waals surface area contributed by atoms with Gasteiger partial charge in [0, 0.05) is 0 Å². The van der Waals surface area contributed by atoms with Crippen molar-refractivity contribution in [2.24, 2.45) is 0 Å². The van der Waals surface area contributed by atoms with E-state index in [4.69, 9.17) is 0 Å². The average molecular weight is 142 g/mol. The van der Waals surface area contributed by atoms with Crippen molar-refractivity contribution >= 4 is 0 Å². The Bertz CT molecular complexity index is 170. The van der Waals surface area contributed by atoms with Crippen molar-refractivity contribution in [3.05, 3.63) is 23.3 Å². The fourth-order valence-corrected chi connectivity index (χ4v) is 1.10. The summed E-state index contributed by atoms with van der Waals surface area (Å²) in [6.07, 6.45) is 6.09. The molecule has 0 aromatic carbocycles. The molecule has 10 heavy (non-hydrogen) atoms. The number of halogens is 1. The van der Waals surface area contributed by atoms with Crippen LogP contribution in [-0.2, 0) is 4.94 Å². The van der Waals surface area contributed by atoms with Crippen molar-refractivity contribution in [1.29, 1.82) is 0 Å². The molecule has 0 spiro atoms. The molecular formula is C8H11FO. The molecule has 1 nitrogen and oxygen atoms in total. The first-order valence-corrected chi connectivity index (χ1v) is 3.42. The van der Waals surface area contributed by atoms with Crippen LogP contribution < -0.4 is 0 Å². The first kappa shape index (κ1) is 7.48. The van der Waals surface area contributed by atoms with Gasteiger partial charge in [-0.15, -0.1) is 0 Å². The quantitative estimate of drug-likeness (QED) is 0.575. The largest absolute Gasteiger partial charge is 0.189 e. The van der Waals surface area contributed by atoms with Crippen LogP contribution in [-0.4, -0.2) is 6.61 Å². The zero-order chi connectivity index (χ0) is 7.40. The summed E-state index contributed by atoms with van der Waals surface area (Å²) in [6.45, 7) is 2.14. The Morgan fingerprint density at radius 1 is 1.70 bits per heavy atom. The van der Waals surface area contributed by atoms with Crippen molar-refractivity contribution in [3.63, 3.8) is 0 Å². The zero-order valence-electron chi connectivity index (χ0n) is 6.06. The van der Waals surface area contributed by atoms with Crippen molar-refractivity contribution in [1.82, 2.24) is 0 Å². The van der Waals surface area contributed by atoms with Crippen molar-refractivity contribution in [2.75, 3.05) is 6.61 Å². The molecule has 0 unspecified atom stereocenters. The first-order chi connectivity index (χ1) is 4.83. The van der Waals surface area contributed by atoms with Gasteiger partial charge in [0.05, 0.1) is 0 Å². The standard InChI is InChI=1S/C8H11FO/c1-7-3-2-4-8(5-7)6-10-9/h4-5H,2-3,6H2,1H3. The van der Waals surface area contributed by atoms with Crippen LogP contribution in [0.15, 0.2) is 23.3 Å². The lowest BCUT2D eigenvalue weighted by Crippen LogP contribution is -1.94. The summed E-state index contributed by atoms with van der Waals surface area (Å²) >= 11 is 0. The SMILES string of the molecule is CC1=CC(COF)=CCC1. The molecule has 2 heteroatoms. The molecule has 0 aliphatic heterocycles. The minimum atomic E-state index is 0.0946. The Hall–Kier alpha value is -0.630. The third kappa shape index (κ3) is 1.95. The smallest absolute Gasteiger partial charge is 0.112 e. The van der Waals surface area contributed by atoms with E-state index in [1.165, 1.54) is 5.57 Å². The summed E-state index contributed by atoms with van der Waals surface area (Å²) in [5.41, 5.74) is 2.25. The van der Waals surface area contributed by atoms with Gasteiger partial charge in [0.1, 0.15) is 6.61 Å². The molecule has 0 aromatic rings. The fourth-order valence-electron chi connectivity index (χ4n) is 1.10. The summed E-state index contributed by atoms with van der Waals surface area (Å²) in [6, 6.07) is 0. The summed E-state index contributed by atoms with van der Waals surface area (Å²) < 4.78 is 11.3. The lowest BCUT2D eigenvalue weighted by Gasteiger charge is -2.07. The van der Waals surface area contributed by atoms with Gasteiger partial charge >= 0.3 is 0 Å². The predicted molar refractivity (Wildman–Crippen MR) is 38.1 cm³/mol. The Kier molecular flexibility index (Phi) is 2.63. The minimum Gasteiger partial charge on any atom is -0.189 e. The topological polar surface area (TPSA) is 9.23 Å². The summed E-state index contributed by atoms with van der Waals surface area (Å²) in [7, 11) is 0. The summed E-state index contributed by atoms with van der Waals surface area (Å²) in [5, 5.41) is 0. The van der Waals surface area contributed by atoms with E-state index in [0.717, 1.165) is 18.4 Å². The highest BCUT2D eigenvalue weighted by atomic mass is 19.3. The third-order valence-corrected chi connectivity index (χ3v) is 1.60. The Morgan fingerprint density at radius 3 is 3.10 bits per heavy atom. The Morgan fingerprint density at radius 2 is 2.50 bits per heavy atom. The second-order valence-corrected chi connectivity index (χ2v) is 2.56. The van der Waals surface area contributed by atoms with Gasteiger partial charge in [0.15, 0.2) is 0 Å². The molecule has 1 aliphatic rings. The molecule has 0 saturated heterocycles. The maximum absolute atomic E-state index is 11.3. The number of hydrogen-bond donors (Lipinski definition) is 0. The molecule has 0 atom stereocenters. The van der Waals surface area contributed by atoms with Crippen LogP contribution in [0.3, 0.4) is 0 Å². The van der Waals surface area contributed by atoms with E-state index in [1.807, 2.05) is 19.1 Å². The van der Waals surface area contributed by atoms with E-state index in [9.17, 15) is 4.53 Å². The van der Waals surface area contributed by atoms with E-state index in [2.05, 4.69) is 4.94 Å². The highest BCUT2D eigenvalue weighted by molar-refractivity contribution is 5.26. The van der Waals surface area contributed by atoms with Crippen LogP contribution in [0.4, 0.5) is 4.53 Å². The van der Waals surface area contributed by atoms with E-state index in [1.54, 1.807) is 0 Å². The van der Waals surface area contributed by atoms with Gasteiger partial charge in [-0.05, 0) is 29.9 Å². The molecule has 0 heterocycles. The molecule has 0 radical (unpaired) electrons. The van der Waals surface area contributed by atoms with E-state index >= 15 is 0 Å².